The van der Waals surface area contributed by atoms with Crippen LogP contribution >= 0.6 is 11.3 Å². The van der Waals surface area contributed by atoms with E-state index in [0.29, 0.717) is 19.6 Å². The molecule has 0 saturated carbocycles. The van der Waals surface area contributed by atoms with Crippen molar-refractivity contribution in [1.29, 1.82) is 0 Å². The number of urea groups is 1. The van der Waals surface area contributed by atoms with Gasteiger partial charge in [0.2, 0.25) is 5.91 Å². The van der Waals surface area contributed by atoms with E-state index in [1.54, 1.807) is 16.2 Å². The highest BCUT2D eigenvalue weighted by atomic mass is 32.1. The summed E-state index contributed by atoms with van der Waals surface area (Å²) in [7, 11) is 0. The minimum absolute atomic E-state index is 0.0208. The summed E-state index contributed by atoms with van der Waals surface area (Å²) in [4.78, 5) is 31.5. The fourth-order valence-corrected chi connectivity index (χ4v) is 4.80. The van der Waals surface area contributed by atoms with Crippen LogP contribution < -0.4 is 5.32 Å². The molecule has 180 valence electrons. The van der Waals surface area contributed by atoms with E-state index < -0.39 is 0 Å². The zero-order chi connectivity index (χ0) is 24.6. The summed E-state index contributed by atoms with van der Waals surface area (Å²) in [6.45, 7) is 5.63. The summed E-state index contributed by atoms with van der Waals surface area (Å²) in [5.41, 5.74) is 1.81. The molecule has 1 N–H and O–H groups in total. The summed E-state index contributed by atoms with van der Waals surface area (Å²) in [6.07, 6.45) is 0. The molecule has 0 atom stereocenters. The van der Waals surface area contributed by atoms with Crippen molar-refractivity contribution in [3.05, 3.63) is 101 Å². The van der Waals surface area contributed by atoms with Gasteiger partial charge in [0.05, 0.1) is 12.2 Å². The lowest BCUT2D eigenvalue weighted by Gasteiger charge is -2.29. The molecule has 0 bridgehead atoms. The van der Waals surface area contributed by atoms with Crippen LogP contribution in [0.25, 0.3) is 10.8 Å². The van der Waals surface area contributed by atoms with Crippen molar-refractivity contribution in [2.24, 2.45) is 5.92 Å². The number of rotatable bonds is 9. The Balaban J connectivity index is 1.53. The number of carbonyl (C=O) groups is 2. The van der Waals surface area contributed by atoms with Gasteiger partial charge in [-0.2, -0.15) is 0 Å². The normalized spacial score (nSPS) is 10.9. The molecule has 0 aliphatic heterocycles. The van der Waals surface area contributed by atoms with Crippen LogP contribution in [0.15, 0.2) is 90.3 Å². The number of hydrogen-bond donors (Lipinski definition) is 1. The fourth-order valence-electron chi connectivity index (χ4n) is 4.08. The molecule has 0 spiro atoms. The van der Waals surface area contributed by atoms with E-state index in [2.05, 4.69) is 19.2 Å². The summed E-state index contributed by atoms with van der Waals surface area (Å²) in [5, 5.41) is 7.10. The Morgan fingerprint density at radius 2 is 1.57 bits per heavy atom. The molecule has 0 fully saturated rings. The Bertz CT molecular complexity index is 1250. The molecule has 0 radical (unpaired) electrons. The van der Waals surface area contributed by atoms with Gasteiger partial charge in [0, 0.05) is 23.4 Å². The van der Waals surface area contributed by atoms with Gasteiger partial charge in [-0.15, -0.1) is 11.3 Å². The third-order valence-electron chi connectivity index (χ3n) is 5.73. The molecule has 0 aliphatic rings. The van der Waals surface area contributed by atoms with Gasteiger partial charge < -0.3 is 15.1 Å². The quantitative estimate of drug-likeness (QED) is 0.290. The highest BCUT2D eigenvalue weighted by Gasteiger charge is 2.23. The Labute approximate surface area is 211 Å². The number of nitrogens with one attached hydrogen (secondary N) is 1. The minimum atomic E-state index is -0.265. The monoisotopic (exact) mass is 485 g/mol. The van der Waals surface area contributed by atoms with Gasteiger partial charge >= 0.3 is 6.03 Å². The molecule has 5 nitrogen and oxygen atoms in total. The molecule has 0 saturated heterocycles. The predicted octanol–water partition coefficient (Wildman–Crippen LogP) is 6.62. The van der Waals surface area contributed by atoms with Gasteiger partial charge in [-0.1, -0.05) is 86.6 Å². The summed E-state index contributed by atoms with van der Waals surface area (Å²) in [5.74, 6) is 0.150. The first-order chi connectivity index (χ1) is 17.0. The number of amides is 3. The molecule has 0 unspecified atom stereocenters. The number of anilines is 1. The smallest absolute Gasteiger partial charge is 0.322 e. The zero-order valence-electron chi connectivity index (χ0n) is 20.2. The number of fused-ring (bicyclic) bond motifs is 1. The molecule has 1 aromatic heterocycles. The van der Waals surface area contributed by atoms with E-state index in [9.17, 15) is 9.59 Å². The van der Waals surface area contributed by atoms with E-state index in [1.807, 2.05) is 95.2 Å². The molecule has 35 heavy (non-hydrogen) atoms. The van der Waals surface area contributed by atoms with E-state index in [1.165, 1.54) is 0 Å². The van der Waals surface area contributed by atoms with Crippen LogP contribution in [0.4, 0.5) is 10.5 Å². The maximum absolute atomic E-state index is 13.5. The van der Waals surface area contributed by atoms with E-state index in [-0.39, 0.29) is 24.4 Å². The third-order valence-corrected chi connectivity index (χ3v) is 6.59. The number of thiophene rings is 1. The lowest BCUT2D eigenvalue weighted by Crippen LogP contribution is -2.45. The van der Waals surface area contributed by atoms with Gasteiger partial charge in [-0.25, -0.2) is 4.79 Å². The van der Waals surface area contributed by atoms with E-state index in [0.717, 1.165) is 26.9 Å². The average molecular weight is 486 g/mol. The van der Waals surface area contributed by atoms with Crippen molar-refractivity contribution in [2.75, 3.05) is 18.4 Å². The van der Waals surface area contributed by atoms with Crippen molar-refractivity contribution in [1.82, 2.24) is 9.80 Å². The number of nitrogens with zero attached hydrogens (tertiary/aromatic N) is 2. The van der Waals surface area contributed by atoms with Crippen LogP contribution in [0.1, 0.15) is 24.3 Å². The minimum Gasteiger partial charge on any atom is -0.332 e. The number of benzene rings is 3. The molecular formula is C29H31N3O2S. The molecule has 0 aliphatic carbocycles. The summed E-state index contributed by atoms with van der Waals surface area (Å²) >= 11 is 1.63. The number of carbonyl (C=O) groups excluding carboxylic acids is 2. The maximum Gasteiger partial charge on any atom is 0.322 e. The zero-order valence-corrected chi connectivity index (χ0v) is 21.0. The van der Waals surface area contributed by atoms with Crippen LogP contribution in [-0.4, -0.2) is 34.8 Å². The Morgan fingerprint density at radius 3 is 2.31 bits per heavy atom. The second-order valence-corrected chi connectivity index (χ2v) is 10.1. The molecule has 1 heterocycles. The van der Waals surface area contributed by atoms with Gasteiger partial charge in [0.1, 0.15) is 6.54 Å². The first kappa shape index (κ1) is 24.5. The fraction of sp³-hybridized carbons (Fsp3) is 0.241. The van der Waals surface area contributed by atoms with Crippen molar-refractivity contribution in [2.45, 2.75) is 26.9 Å². The predicted molar refractivity (Wildman–Crippen MR) is 144 cm³/mol. The first-order valence-corrected chi connectivity index (χ1v) is 12.8. The van der Waals surface area contributed by atoms with Gasteiger partial charge in [-0.05, 0) is 34.4 Å². The van der Waals surface area contributed by atoms with Crippen LogP contribution in [0.2, 0.25) is 0 Å². The van der Waals surface area contributed by atoms with Crippen molar-refractivity contribution >= 4 is 39.7 Å². The second kappa shape index (κ2) is 11.7. The van der Waals surface area contributed by atoms with Crippen LogP contribution in [0, 0.1) is 5.92 Å². The third kappa shape index (κ3) is 6.70. The maximum atomic E-state index is 13.5. The molecule has 6 heteroatoms. The topological polar surface area (TPSA) is 52.7 Å². The molecule has 4 rings (SSSR count). The van der Waals surface area contributed by atoms with Gasteiger partial charge in [0.25, 0.3) is 0 Å². The van der Waals surface area contributed by atoms with Crippen LogP contribution in [-0.2, 0) is 17.9 Å². The highest BCUT2D eigenvalue weighted by Crippen LogP contribution is 2.23. The molecule has 4 aromatic rings. The standard InChI is InChI=1S/C29H31N3O2S/c1-22(2)18-32(29(34)30-27-16-8-13-24-12-6-7-15-26(24)27)21-28(33)31(20-25-14-9-17-35-25)19-23-10-4-3-5-11-23/h3-17,22H,18-21H2,1-2H3,(H,30,34). The van der Waals surface area contributed by atoms with Crippen LogP contribution in [0.3, 0.4) is 0 Å². The second-order valence-electron chi connectivity index (χ2n) is 9.05. The van der Waals surface area contributed by atoms with Crippen molar-refractivity contribution < 1.29 is 9.59 Å². The Hall–Kier alpha value is -3.64. The Kier molecular flexibility index (Phi) is 8.16. The van der Waals surface area contributed by atoms with Gasteiger partial charge in [0.15, 0.2) is 0 Å². The first-order valence-electron chi connectivity index (χ1n) is 11.9. The SMILES string of the molecule is CC(C)CN(CC(=O)N(Cc1ccccc1)Cc1cccs1)C(=O)Nc1cccc2ccccc12. The summed E-state index contributed by atoms with van der Waals surface area (Å²) in [6, 6.07) is 27.5. The lowest BCUT2D eigenvalue weighted by molar-refractivity contribution is -0.133. The highest BCUT2D eigenvalue weighted by molar-refractivity contribution is 7.09. The lowest BCUT2D eigenvalue weighted by atomic mass is 10.1. The van der Waals surface area contributed by atoms with E-state index >= 15 is 0 Å². The molecule has 3 aromatic carbocycles. The average Bonchev–Trinajstić information content (AvgIpc) is 3.37. The van der Waals surface area contributed by atoms with Crippen LogP contribution in [0.5, 0.6) is 0 Å². The molecular weight excluding hydrogens is 454 g/mol. The van der Waals surface area contributed by atoms with E-state index in [4.69, 9.17) is 0 Å². The number of hydrogen-bond acceptors (Lipinski definition) is 3. The molecule has 3 amide bonds. The van der Waals surface area contributed by atoms with Gasteiger partial charge in [-0.3, -0.25) is 4.79 Å². The largest absolute Gasteiger partial charge is 0.332 e. The Morgan fingerprint density at radius 1 is 0.829 bits per heavy atom. The summed E-state index contributed by atoms with van der Waals surface area (Å²) < 4.78 is 0. The van der Waals surface area contributed by atoms with Crippen molar-refractivity contribution in [3.8, 4) is 0 Å². The van der Waals surface area contributed by atoms with Crippen molar-refractivity contribution in [3.63, 3.8) is 0 Å².